The van der Waals surface area contributed by atoms with Gasteiger partial charge in [-0.3, -0.25) is 0 Å². The number of rotatable bonds is 10. The van der Waals surface area contributed by atoms with Gasteiger partial charge in [0.15, 0.2) is 0 Å². The lowest BCUT2D eigenvalue weighted by atomic mass is 10.00. The quantitative estimate of drug-likeness (QED) is 0.493. The van der Waals surface area contributed by atoms with Gasteiger partial charge in [-0.1, -0.05) is 42.6 Å². The van der Waals surface area contributed by atoms with E-state index in [4.69, 9.17) is 4.74 Å². The maximum absolute atomic E-state index is 11.6. The third kappa shape index (κ3) is 8.13. The van der Waals surface area contributed by atoms with Crippen LogP contribution in [0.1, 0.15) is 33.6 Å². The van der Waals surface area contributed by atoms with Crippen molar-refractivity contribution in [3.63, 3.8) is 0 Å². The first-order valence-electron chi connectivity index (χ1n) is 6.15. The van der Waals surface area contributed by atoms with Crippen LogP contribution in [0.25, 0.3) is 0 Å². The molecule has 17 heavy (non-hydrogen) atoms. The molecule has 6 heteroatoms. The van der Waals surface area contributed by atoms with Crippen molar-refractivity contribution >= 4 is 26.0 Å². The van der Waals surface area contributed by atoms with E-state index in [0.29, 0.717) is 19.1 Å². The molecule has 0 aliphatic heterocycles. The second kappa shape index (κ2) is 9.30. The number of ether oxygens (including phenoxy) is 1. The van der Waals surface area contributed by atoms with E-state index >= 15 is 0 Å². The smallest absolute Gasteiger partial charge is 0.213 e. The zero-order valence-electron chi connectivity index (χ0n) is 10.9. The van der Waals surface area contributed by atoms with Gasteiger partial charge in [0, 0.05) is 18.0 Å². The van der Waals surface area contributed by atoms with Gasteiger partial charge in [-0.15, -0.1) is 0 Å². The highest BCUT2D eigenvalue weighted by atomic mass is 79.9. The molecule has 0 spiro atoms. The summed E-state index contributed by atoms with van der Waals surface area (Å²) in [4.78, 5) is 0.194. The van der Waals surface area contributed by atoms with Crippen molar-refractivity contribution in [3.8, 4) is 0 Å². The average Bonchev–Trinajstić information content (AvgIpc) is 2.28. The van der Waals surface area contributed by atoms with Crippen LogP contribution in [0.15, 0.2) is 0 Å². The summed E-state index contributed by atoms with van der Waals surface area (Å²) in [6.45, 7) is 7.33. The Hall–Kier alpha value is 0.350. The van der Waals surface area contributed by atoms with Crippen LogP contribution < -0.4 is 4.72 Å². The van der Waals surface area contributed by atoms with Crippen molar-refractivity contribution in [2.45, 2.75) is 38.4 Å². The topological polar surface area (TPSA) is 55.4 Å². The van der Waals surface area contributed by atoms with Gasteiger partial charge in [-0.05, 0) is 12.8 Å². The van der Waals surface area contributed by atoms with E-state index in [1.165, 1.54) is 0 Å². The molecule has 0 heterocycles. The molecular formula is C11H24BrNO3S. The van der Waals surface area contributed by atoms with Crippen LogP contribution in [-0.4, -0.2) is 38.8 Å². The van der Waals surface area contributed by atoms with E-state index < -0.39 is 10.0 Å². The SMILES string of the molecule is CCOCCS(=O)(=O)NCC(Br)C(CC)CC. The molecular weight excluding hydrogens is 306 g/mol. The number of alkyl halides is 1. The summed E-state index contributed by atoms with van der Waals surface area (Å²) in [7, 11) is -3.20. The van der Waals surface area contributed by atoms with Crippen LogP contribution in [0.2, 0.25) is 0 Å². The van der Waals surface area contributed by atoms with Crippen molar-refractivity contribution in [2.24, 2.45) is 5.92 Å². The minimum absolute atomic E-state index is 0.0312. The van der Waals surface area contributed by atoms with E-state index in [1.807, 2.05) is 6.92 Å². The zero-order chi connectivity index (χ0) is 13.3. The largest absolute Gasteiger partial charge is 0.381 e. The van der Waals surface area contributed by atoms with Gasteiger partial charge < -0.3 is 4.74 Å². The highest BCUT2D eigenvalue weighted by molar-refractivity contribution is 9.09. The molecule has 0 fully saturated rings. The summed E-state index contributed by atoms with van der Waals surface area (Å²) in [5.41, 5.74) is 0. The number of hydrogen-bond acceptors (Lipinski definition) is 3. The maximum atomic E-state index is 11.6. The zero-order valence-corrected chi connectivity index (χ0v) is 13.3. The Morgan fingerprint density at radius 1 is 1.24 bits per heavy atom. The Bertz CT molecular complexity index is 278. The molecule has 0 aromatic rings. The first kappa shape index (κ1) is 17.4. The lowest BCUT2D eigenvalue weighted by Crippen LogP contribution is -2.35. The predicted molar refractivity (Wildman–Crippen MR) is 75.1 cm³/mol. The third-order valence-electron chi connectivity index (χ3n) is 2.76. The van der Waals surface area contributed by atoms with E-state index in [2.05, 4.69) is 34.5 Å². The van der Waals surface area contributed by atoms with E-state index in [9.17, 15) is 8.42 Å². The fraction of sp³-hybridized carbons (Fsp3) is 1.00. The summed E-state index contributed by atoms with van der Waals surface area (Å²) < 4.78 is 30.8. The predicted octanol–water partition coefficient (Wildman–Crippen LogP) is 2.14. The first-order chi connectivity index (χ1) is 7.96. The van der Waals surface area contributed by atoms with E-state index in [0.717, 1.165) is 12.8 Å². The molecule has 0 amide bonds. The molecule has 1 unspecified atom stereocenters. The average molecular weight is 330 g/mol. The van der Waals surface area contributed by atoms with Gasteiger partial charge in [0.1, 0.15) is 0 Å². The molecule has 0 rings (SSSR count). The molecule has 1 N–H and O–H groups in total. The van der Waals surface area contributed by atoms with Gasteiger partial charge in [0.05, 0.1) is 12.4 Å². The van der Waals surface area contributed by atoms with Crippen LogP contribution in [0.4, 0.5) is 0 Å². The monoisotopic (exact) mass is 329 g/mol. The molecule has 104 valence electrons. The van der Waals surface area contributed by atoms with Crippen LogP contribution >= 0.6 is 15.9 Å². The lowest BCUT2D eigenvalue weighted by molar-refractivity contribution is 0.163. The van der Waals surface area contributed by atoms with Crippen molar-refractivity contribution in [1.82, 2.24) is 4.72 Å². The van der Waals surface area contributed by atoms with Gasteiger partial charge in [0.25, 0.3) is 0 Å². The van der Waals surface area contributed by atoms with Crippen molar-refractivity contribution in [2.75, 3.05) is 25.5 Å². The molecule has 0 aromatic carbocycles. The summed E-state index contributed by atoms with van der Waals surface area (Å²) in [6.07, 6.45) is 2.10. The molecule has 0 aromatic heterocycles. The van der Waals surface area contributed by atoms with E-state index in [1.54, 1.807) is 0 Å². The van der Waals surface area contributed by atoms with Gasteiger partial charge in [0.2, 0.25) is 10.0 Å². The highest BCUT2D eigenvalue weighted by Gasteiger charge is 2.18. The molecule has 4 nitrogen and oxygen atoms in total. The Morgan fingerprint density at radius 3 is 2.29 bits per heavy atom. The molecule has 0 saturated carbocycles. The van der Waals surface area contributed by atoms with Gasteiger partial charge in [-0.2, -0.15) is 0 Å². The Balaban J connectivity index is 4.00. The molecule has 0 saturated heterocycles. The van der Waals surface area contributed by atoms with E-state index in [-0.39, 0.29) is 17.2 Å². The van der Waals surface area contributed by atoms with Crippen LogP contribution in [0, 0.1) is 5.92 Å². The number of sulfonamides is 1. The summed E-state index contributed by atoms with van der Waals surface area (Å²) in [5, 5.41) is 0. The molecule has 0 aliphatic rings. The number of nitrogens with one attached hydrogen (secondary N) is 1. The minimum Gasteiger partial charge on any atom is -0.381 e. The van der Waals surface area contributed by atoms with Crippen molar-refractivity contribution < 1.29 is 13.2 Å². The van der Waals surface area contributed by atoms with Crippen molar-refractivity contribution in [1.29, 1.82) is 0 Å². The highest BCUT2D eigenvalue weighted by Crippen LogP contribution is 2.19. The van der Waals surface area contributed by atoms with Crippen LogP contribution in [0.5, 0.6) is 0 Å². The summed E-state index contributed by atoms with van der Waals surface area (Å²) in [5.74, 6) is 0.535. The fourth-order valence-electron chi connectivity index (χ4n) is 1.56. The molecule has 0 radical (unpaired) electrons. The number of hydrogen-bond donors (Lipinski definition) is 1. The van der Waals surface area contributed by atoms with Gasteiger partial charge >= 0.3 is 0 Å². The third-order valence-corrected chi connectivity index (χ3v) is 5.14. The second-order valence-corrected chi connectivity index (χ2v) is 7.06. The molecule has 0 aliphatic carbocycles. The minimum atomic E-state index is -3.20. The number of halogens is 1. The summed E-state index contributed by atoms with van der Waals surface area (Å²) >= 11 is 3.54. The van der Waals surface area contributed by atoms with Crippen LogP contribution in [-0.2, 0) is 14.8 Å². The molecule has 1 atom stereocenters. The molecule has 0 bridgehead atoms. The fourth-order valence-corrected chi connectivity index (χ4v) is 3.60. The van der Waals surface area contributed by atoms with Crippen molar-refractivity contribution in [3.05, 3.63) is 0 Å². The van der Waals surface area contributed by atoms with Crippen LogP contribution in [0.3, 0.4) is 0 Å². The normalized spacial score (nSPS) is 14.2. The van der Waals surface area contributed by atoms with Gasteiger partial charge in [-0.25, -0.2) is 13.1 Å². The Kier molecular flexibility index (Phi) is 9.49. The lowest BCUT2D eigenvalue weighted by Gasteiger charge is -2.19. The Morgan fingerprint density at radius 2 is 1.82 bits per heavy atom. The first-order valence-corrected chi connectivity index (χ1v) is 8.72. The Labute approximate surface area is 114 Å². The maximum Gasteiger partial charge on any atom is 0.213 e. The summed E-state index contributed by atoms with van der Waals surface area (Å²) in [6, 6.07) is 0. The second-order valence-electron chi connectivity index (χ2n) is 3.96. The standard InChI is InChI=1S/C11H24BrNO3S/c1-4-10(5-2)11(12)9-13-17(14,15)8-7-16-6-3/h10-11,13H,4-9H2,1-3H3.